The maximum Gasteiger partial charge on any atom is 0.406 e. The lowest BCUT2D eigenvalue weighted by molar-refractivity contribution is -0.202. The average molecular weight is 441 g/mol. The maximum absolute atomic E-state index is 14.4. The van der Waals surface area contributed by atoms with Gasteiger partial charge in [-0.15, -0.1) is 0 Å². The highest BCUT2D eigenvalue weighted by atomic mass is 19.4. The normalized spacial score (nSPS) is 24.5. The molecule has 0 radical (unpaired) electrons. The Labute approximate surface area is 180 Å². The van der Waals surface area contributed by atoms with Crippen LogP contribution in [0.4, 0.5) is 13.2 Å². The summed E-state index contributed by atoms with van der Waals surface area (Å²) in [5, 5.41) is 10.2. The number of alkyl halides is 3. The van der Waals surface area contributed by atoms with Crippen molar-refractivity contribution in [2.24, 2.45) is 0 Å². The predicted octanol–water partition coefficient (Wildman–Crippen LogP) is 3.33. The summed E-state index contributed by atoms with van der Waals surface area (Å²) in [7, 11) is 0. The second kappa shape index (κ2) is 9.56. The molecule has 2 N–H and O–H groups in total. The summed E-state index contributed by atoms with van der Waals surface area (Å²) in [5.74, 6) is -2.40. The SMILES string of the molecule is CC(C(=O)N(NCC(=O)O)C1CCCCC1N1CCCC1)(c1ccccc1)C(F)(F)F. The minimum Gasteiger partial charge on any atom is -0.480 e. The molecular formula is C22H30F3N3O3. The molecule has 0 bridgehead atoms. The number of carbonyl (C=O) groups excluding carboxylic acids is 1. The minimum absolute atomic E-state index is 0.0882. The Morgan fingerprint density at radius 3 is 2.29 bits per heavy atom. The van der Waals surface area contributed by atoms with E-state index >= 15 is 0 Å². The number of rotatable bonds is 7. The Hall–Kier alpha value is -2.13. The minimum atomic E-state index is -4.85. The van der Waals surface area contributed by atoms with Crippen LogP contribution in [0.5, 0.6) is 0 Å². The maximum atomic E-state index is 14.4. The van der Waals surface area contributed by atoms with E-state index in [0.717, 1.165) is 57.1 Å². The van der Waals surface area contributed by atoms with Crippen LogP contribution >= 0.6 is 0 Å². The van der Waals surface area contributed by atoms with Gasteiger partial charge in [-0.25, -0.2) is 5.43 Å². The number of nitrogens with zero attached hydrogens (tertiary/aromatic N) is 2. The number of carboxylic acids is 1. The van der Waals surface area contributed by atoms with Gasteiger partial charge in [0.25, 0.3) is 5.91 Å². The predicted molar refractivity (Wildman–Crippen MR) is 109 cm³/mol. The zero-order valence-corrected chi connectivity index (χ0v) is 17.7. The van der Waals surface area contributed by atoms with Gasteiger partial charge in [0.2, 0.25) is 0 Å². The number of hydrogen-bond donors (Lipinski definition) is 2. The summed E-state index contributed by atoms with van der Waals surface area (Å²) < 4.78 is 43.1. The zero-order valence-electron chi connectivity index (χ0n) is 17.7. The van der Waals surface area contributed by atoms with Crippen LogP contribution in [0.3, 0.4) is 0 Å². The third kappa shape index (κ3) is 4.87. The molecular weight excluding hydrogens is 411 g/mol. The van der Waals surface area contributed by atoms with Crippen LogP contribution in [-0.4, -0.2) is 64.8 Å². The first kappa shape index (κ1) is 23.5. The molecule has 31 heavy (non-hydrogen) atoms. The van der Waals surface area contributed by atoms with Crippen LogP contribution in [0.15, 0.2) is 30.3 Å². The van der Waals surface area contributed by atoms with E-state index in [0.29, 0.717) is 6.42 Å². The number of halogens is 3. The molecule has 3 unspecified atom stereocenters. The highest BCUT2D eigenvalue weighted by Crippen LogP contribution is 2.43. The van der Waals surface area contributed by atoms with E-state index in [4.69, 9.17) is 5.11 Å². The Bertz CT molecular complexity index is 768. The van der Waals surface area contributed by atoms with E-state index in [1.807, 2.05) is 0 Å². The summed E-state index contributed by atoms with van der Waals surface area (Å²) in [4.78, 5) is 27.1. The van der Waals surface area contributed by atoms with Crippen molar-refractivity contribution in [3.05, 3.63) is 35.9 Å². The monoisotopic (exact) mass is 441 g/mol. The number of hydrazine groups is 1. The number of carbonyl (C=O) groups is 2. The Morgan fingerprint density at radius 2 is 1.71 bits per heavy atom. The molecule has 3 atom stereocenters. The van der Waals surface area contributed by atoms with E-state index < -0.39 is 36.1 Å². The second-order valence-corrected chi connectivity index (χ2v) is 8.55. The highest BCUT2D eigenvalue weighted by molar-refractivity contribution is 5.89. The van der Waals surface area contributed by atoms with Crippen molar-refractivity contribution < 1.29 is 27.9 Å². The molecule has 1 aliphatic heterocycles. The van der Waals surface area contributed by atoms with Gasteiger partial charge in [0.1, 0.15) is 6.54 Å². The van der Waals surface area contributed by atoms with Crippen molar-refractivity contribution in [1.29, 1.82) is 0 Å². The third-order valence-corrected chi connectivity index (χ3v) is 6.60. The fourth-order valence-corrected chi connectivity index (χ4v) is 4.81. The van der Waals surface area contributed by atoms with E-state index in [-0.39, 0.29) is 11.6 Å². The molecule has 1 aromatic carbocycles. The third-order valence-electron chi connectivity index (χ3n) is 6.60. The zero-order chi connectivity index (χ0) is 22.6. The average Bonchev–Trinajstić information content (AvgIpc) is 3.28. The molecule has 3 rings (SSSR count). The van der Waals surface area contributed by atoms with E-state index in [9.17, 15) is 22.8 Å². The van der Waals surface area contributed by atoms with Crippen LogP contribution < -0.4 is 5.43 Å². The molecule has 9 heteroatoms. The Balaban J connectivity index is 2.01. The van der Waals surface area contributed by atoms with Gasteiger partial charge in [-0.2, -0.15) is 13.2 Å². The van der Waals surface area contributed by atoms with Gasteiger partial charge in [-0.1, -0.05) is 43.2 Å². The molecule has 1 heterocycles. The van der Waals surface area contributed by atoms with Crippen LogP contribution in [-0.2, 0) is 15.0 Å². The number of amides is 1. The van der Waals surface area contributed by atoms with Crippen LogP contribution in [0.1, 0.15) is 51.0 Å². The molecule has 172 valence electrons. The van der Waals surface area contributed by atoms with E-state index in [1.54, 1.807) is 6.07 Å². The van der Waals surface area contributed by atoms with Crippen LogP contribution in [0.25, 0.3) is 0 Å². The van der Waals surface area contributed by atoms with Crippen molar-refractivity contribution in [2.45, 2.75) is 69.1 Å². The molecule has 1 saturated heterocycles. The fraction of sp³-hybridized carbons (Fsp3) is 0.636. The molecule has 6 nitrogen and oxygen atoms in total. The first-order valence-corrected chi connectivity index (χ1v) is 10.8. The van der Waals surface area contributed by atoms with E-state index in [1.165, 1.54) is 24.3 Å². The summed E-state index contributed by atoms with van der Waals surface area (Å²) in [6.07, 6.45) is 0.204. The molecule has 0 aromatic heterocycles. The van der Waals surface area contributed by atoms with Crippen LogP contribution in [0, 0.1) is 0 Å². The van der Waals surface area contributed by atoms with Crippen molar-refractivity contribution in [1.82, 2.24) is 15.3 Å². The topological polar surface area (TPSA) is 72.9 Å². The highest BCUT2D eigenvalue weighted by Gasteiger charge is 2.60. The van der Waals surface area contributed by atoms with Crippen molar-refractivity contribution >= 4 is 11.9 Å². The fourth-order valence-electron chi connectivity index (χ4n) is 4.81. The Morgan fingerprint density at radius 1 is 1.10 bits per heavy atom. The number of hydrogen-bond acceptors (Lipinski definition) is 4. The molecule has 2 fully saturated rings. The first-order valence-electron chi connectivity index (χ1n) is 10.8. The lowest BCUT2D eigenvalue weighted by Crippen LogP contribution is -2.65. The van der Waals surface area contributed by atoms with Gasteiger partial charge < -0.3 is 5.11 Å². The van der Waals surface area contributed by atoms with Gasteiger partial charge in [0.05, 0.1) is 6.04 Å². The number of likely N-dealkylation sites (tertiary alicyclic amines) is 1. The molecule has 1 aromatic rings. The Kier molecular flexibility index (Phi) is 7.26. The van der Waals surface area contributed by atoms with Gasteiger partial charge in [-0.3, -0.25) is 19.5 Å². The van der Waals surface area contributed by atoms with Gasteiger partial charge in [-0.05, 0) is 51.3 Å². The number of carboxylic acid groups (broad SMARTS) is 1. The summed E-state index contributed by atoms with van der Waals surface area (Å²) in [5.41, 5.74) is -0.415. The van der Waals surface area contributed by atoms with Crippen molar-refractivity contribution in [3.63, 3.8) is 0 Å². The molecule has 1 saturated carbocycles. The van der Waals surface area contributed by atoms with Crippen molar-refractivity contribution in [3.8, 4) is 0 Å². The quantitative estimate of drug-likeness (QED) is 0.635. The largest absolute Gasteiger partial charge is 0.480 e. The smallest absolute Gasteiger partial charge is 0.406 e. The van der Waals surface area contributed by atoms with Gasteiger partial charge >= 0.3 is 12.1 Å². The molecule has 1 aliphatic carbocycles. The molecule has 0 spiro atoms. The number of aliphatic carboxylic acids is 1. The first-order chi connectivity index (χ1) is 14.7. The molecule has 2 aliphatic rings. The van der Waals surface area contributed by atoms with Crippen LogP contribution in [0.2, 0.25) is 0 Å². The number of benzene rings is 1. The standard InChI is InChI=1S/C22H30F3N3O3/c1-21(22(23,24)25,16-9-3-2-4-10-16)20(31)28(26-15-19(29)30)18-12-6-5-11-17(18)27-13-7-8-14-27/h2-4,9-10,17-18,26H,5-8,11-15H2,1H3,(H,29,30). The molecule has 1 amide bonds. The second-order valence-electron chi connectivity index (χ2n) is 8.55. The lowest BCUT2D eigenvalue weighted by atomic mass is 9.79. The van der Waals surface area contributed by atoms with Gasteiger partial charge in [0, 0.05) is 6.04 Å². The lowest BCUT2D eigenvalue weighted by Gasteiger charge is -2.46. The van der Waals surface area contributed by atoms with E-state index in [2.05, 4.69) is 10.3 Å². The van der Waals surface area contributed by atoms with Gasteiger partial charge in [0.15, 0.2) is 5.41 Å². The summed E-state index contributed by atoms with van der Waals surface area (Å²) in [6, 6.07) is 6.50. The number of nitrogens with one attached hydrogen (secondary N) is 1. The van der Waals surface area contributed by atoms with Crippen molar-refractivity contribution in [2.75, 3.05) is 19.6 Å². The summed E-state index contributed by atoms with van der Waals surface area (Å²) in [6.45, 7) is 1.94. The summed E-state index contributed by atoms with van der Waals surface area (Å²) >= 11 is 0.